The van der Waals surface area contributed by atoms with Gasteiger partial charge in [0.05, 0.1) is 38.4 Å². The number of rotatable bonds is 12. The Hall–Kier alpha value is -3.15. The number of carbonyl (C=O) groups is 2. The van der Waals surface area contributed by atoms with Crippen molar-refractivity contribution in [3.8, 4) is 11.5 Å². The molecule has 1 fully saturated rings. The highest BCUT2D eigenvalue weighted by Gasteiger charge is 2.51. The zero-order chi connectivity index (χ0) is 33.8. The van der Waals surface area contributed by atoms with E-state index in [1.807, 2.05) is 12.1 Å². The maximum atomic E-state index is 14.2. The highest BCUT2D eigenvalue weighted by molar-refractivity contribution is 6.30. The molecule has 0 aromatic heterocycles. The molecule has 7 atom stereocenters. The topological polar surface area (TPSA) is 138 Å². The number of halogens is 1. The molecule has 2 aliphatic carbocycles. The Morgan fingerprint density at radius 1 is 1.13 bits per heavy atom. The van der Waals surface area contributed by atoms with Gasteiger partial charge in [-0.25, -0.2) is 0 Å². The molecule has 2 aromatic carbocycles. The van der Waals surface area contributed by atoms with Gasteiger partial charge in [0.25, 0.3) is 0 Å². The van der Waals surface area contributed by atoms with E-state index in [4.69, 9.17) is 25.8 Å². The van der Waals surface area contributed by atoms with Gasteiger partial charge in [0.2, 0.25) is 11.8 Å². The second kappa shape index (κ2) is 15.4. The Balaban J connectivity index is 1.52. The van der Waals surface area contributed by atoms with Crippen molar-refractivity contribution in [2.45, 2.75) is 83.5 Å². The molecule has 256 valence electrons. The van der Waals surface area contributed by atoms with Crippen molar-refractivity contribution in [1.29, 1.82) is 0 Å². The molecule has 0 spiro atoms. The third-order valence-electron chi connectivity index (χ3n) is 9.82. The van der Waals surface area contributed by atoms with E-state index in [0.717, 1.165) is 24.8 Å². The lowest BCUT2D eigenvalue weighted by Crippen LogP contribution is -2.56. The van der Waals surface area contributed by atoms with Crippen LogP contribution in [0.5, 0.6) is 11.5 Å². The highest BCUT2D eigenvalue weighted by Crippen LogP contribution is 2.51. The largest absolute Gasteiger partial charge is 0.493 e. The van der Waals surface area contributed by atoms with Crippen LogP contribution >= 0.6 is 11.6 Å². The van der Waals surface area contributed by atoms with E-state index in [0.29, 0.717) is 45.4 Å². The van der Waals surface area contributed by atoms with Crippen LogP contribution in [0, 0.1) is 17.8 Å². The molecule has 3 aliphatic rings. The molecule has 2 amide bonds. The zero-order valence-electron chi connectivity index (χ0n) is 27.5. The summed E-state index contributed by atoms with van der Waals surface area (Å²) in [6, 6.07) is 9.56. The van der Waals surface area contributed by atoms with Gasteiger partial charge in [-0.1, -0.05) is 50.9 Å². The maximum absolute atomic E-state index is 14.2. The molecule has 4 N–H and O–H groups in total. The summed E-state index contributed by atoms with van der Waals surface area (Å²) in [5, 5.41) is 34.7. The van der Waals surface area contributed by atoms with E-state index in [1.54, 1.807) is 35.2 Å². The molecule has 10 nitrogen and oxygen atoms in total. The van der Waals surface area contributed by atoms with Crippen LogP contribution < -0.4 is 14.8 Å². The van der Waals surface area contributed by atoms with Crippen LogP contribution in [0.15, 0.2) is 48.0 Å². The summed E-state index contributed by atoms with van der Waals surface area (Å²) in [5.74, 6) is 0.489. The molecule has 5 rings (SSSR count). The minimum Gasteiger partial charge on any atom is -0.493 e. The van der Waals surface area contributed by atoms with E-state index in [9.17, 15) is 24.9 Å². The normalized spacial score (nSPS) is 26.6. The SMILES string of the molecule is COc1cc(CO)cc2c1OC1C2C(C(=O)NCCO)=CC(N(Cc2ccc(Cl)cc2)C(=O)COC2CC(C)CCC2C(C)C)C1O. The van der Waals surface area contributed by atoms with Crippen LogP contribution in [-0.2, 0) is 27.5 Å². The second-order valence-corrected chi connectivity index (χ2v) is 13.8. The number of ether oxygens (including phenoxy) is 3. The number of fused-ring (bicyclic) bond motifs is 3. The molecule has 1 saturated carbocycles. The van der Waals surface area contributed by atoms with E-state index in [1.165, 1.54) is 7.11 Å². The Bertz CT molecular complexity index is 1450. The van der Waals surface area contributed by atoms with Gasteiger partial charge in [-0.05, 0) is 72.1 Å². The number of nitrogens with one attached hydrogen (secondary N) is 1. The Morgan fingerprint density at radius 3 is 2.53 bits per heavy atom. The van der Waals surface area contributed by atoms with Gasteiger partial charge in [-0.15, -0.1) is 0 Å². The fraction of sp³-hybridized carbons (Fsp3) is 0.556. The number of aliphatic hydroxyl groups is 3. The quantitative estimate of drug-likeness (QED) is 0.266. The molecule has 7 unspecified atom stereocenters. The van der Waals surface area contributed by atoms with E-state index < -0.39 is 30.1 Å². The lowest BCUT2D eigenvalue weighted by atomic mass is 9.75. The van der Waals surface area contributed by atoms with Gasteiger partial charge >= 0.3 is 0 Å². The fourth-order valence-corrected chi connectivity index (χ4v) is 7.46. The molecule has 47 heavy (non-hydrogen) atoms. The first-order valence-electron chi connectivity index (χ1n) is 16.5. The summed E-state index contributed by atoms with van der Waals surface area (Å²) in [5.41, 5.74) is 2.22. The number of carbonyl (C=O) groups excluding carboxylic acids is 2. The van der Waals surface area contributed by atoms with Crippen molar-refractivity contribution >= 4 is 23.4 Å². The monoisotopic (exact) mass is 670 g/mol. The van der Waals surface area contributed by atoms with Crippen LogP contribution in [0.3, 0.4) is 0 Å². The summed E-state index contributed by atoms with van der Waals surface area (Å²) in [6.45, 7) is 6.03. The summed E-state index contributed by atoms with van der Waals surface area (Å²) < 4.78 is 18.3. The number of hydrogen-bond acceptors (Lipinski definition) is 8. The van der Waals surface area contributed by atoms with Gasteiger partial charge < -0.3 is 39.7 Å². The zero-order valence-corrected chi connectivity index (χ0v) is 28.3. The number of nitrogens with zero attached hydrogens (tertiary/aromatic N) is 1. The van der Waals surface area contributed by atoms with Crippen molar-refractivity contribution in [2.24, 2.45) is 17.8 Å². The minimum atomic E-state index is -1.24. The van der Waals surface area contributed by atoms with Crippen LogP contribution in [0.25, 0.3) is 0 Å². The molecule has 11 heteroatoms. The Morgan fingerprint density at radius 2 is 1.87 bits per heavy atom. The van der Waals surface area contributed by atoms with E-state index in [2.05, 4.69) is 26.1 Å². The molecular weight excluding hydrogens is 624 g/mol. The molecule has 0 bridgehead atoms. The molecule has 2 aromatic rings. The first-order chi connectivity index (χ1) is 22.6. The number of hydrogen-bond donors (Lipinski definition) is 4. The third-order valence-corrected chi connectivity index (χ3v) is 10.1. The standard InChI is InChI=1S/C36H47ClN2O8/c1-20(2)25-10-5-21(3)13-29(25)46-19-31(42)39(17-22-6-8-24(37)9-7-22)28-16-27(36(44)38-11-12-40)32-26-14-23(18-41)15-30(45-4)34(26)47-35(32)33(28)43/h6-9,14-16,20-21,25,28-29,32-33,35,40-41,43H,5,10-13,17-19H2,1-4H3,(H,38,44). The summed E-state index contributed by atoms with van der Waals surface area (Å²) in [4.78, 5) is 29.4. The second-order valence-electron chi connectivity index (χ2n) is 13.3. The number of amides is 2. The number of methoxy groups -OCH3 is 1. The number of benzene rings is 2. The molecular formula is C36H47ClN2O8. The fourth-order valence-electron chi connectivity index (χ4n) is 7.33. The molecule has 1 heterocycles. The van der Waals surface area contributed by atoms with E-state index in [-0.39, 0.29) is 50.5 Å². The lowest BCUT2D eigenvalue weighted by Gasteiger charge is -2.41. The van der Waals surface area contributed by atoms with Crippen LogP contribution in [0.4, 0.5) is 0 Å². The predicted molar refractivity (Wildman–Crippen MR) is 177 cm³/mol. The molecule has 0 radical (unpaired) electrons. The Labute approximate surface area is 281 Å². The smallest absolute Gasteiger partial charge is 0.249 e. The average Bonchev–Trinajstić information content (AvgIpc) is 3.45. The van der Waals surface area contributed by atoms with Crippen LogP contribution in [0.2, 0.25) is 5.02 Å². The first-order valence-corrected chi connectivity index (χ1v) is 16.9. The third kappa shape index (κ3) is 7.62. The minimum absolute atomic E-state index is 0.0204. The number of aliphatic hydroxyl groups excluding tert-OH is 3. The highest BCUT2D eigenvalue weighted by atomic mass is 35.5. The Kier molecular flexibility index (Phi) is 11.5. The van der Waals surface area contributed by atoms with Crippen molar-refractivity contribution in [1.82, 2.24) is 10.2 Å². The van der Waals surface area contributed by atoms with Gasteiger partial charge in [0.1, 0.15) is 18.8 Å². The summed E-state index contributed by atoms with van der Waals surface area (Å²) in [6.07, 6.45) is 2.45. The van der Waals surface area contributed by atoms with Crippen molar-refractivity contribution in [3.05, 3.63) is 69.8 Å². The van der Waals surface area contributed by atoms with Crippen molar-refractivity contribution in [3.63, 3.8) is 0 Å². The first kappa shape index (κ1) is 35.2. The van der Waals surface area contributed by atoms with E-state index >= 15 is 0 Å². The van der Waals surface area contributed by atoms with Gasteiger partial charge in [0, 0.05) is 29.2 Å². The van der Waals surface area contributed by atoms with Gasteiger partial charge in [-0.3, -0.25) is 9.59 Å². The van der Waals surface area contributed by atoms with Crippen molar-refractivity contribution in [2.75, 3.05) is 26.9 Å². The summed E-state index contributed by atoms with van der Waals surface area (Å²) >= 11 is 6.16. The molecule has 1 aliphatic heterocycles. The average molecular weight is 671 g/mol. The summed E-state index contributed by atoms with van der Waals surface area (Å²) in [7, 11) is 1.48. The predicted octanol–water partition coefficient (Wildman–Crippen LogP) is 3.97. The van der Waals surface area contributed by atoms with Gasteiger partial charge in [-0.2, -0.15) is 0 Å². The van der Waals surface area contributed by atoms with Crippen LogP contribution in [-0.4, -0.2) is 83.3 Å². The lowest BCUT2D eigenvalue weighted by molar-refractivity contribution is -0.148. The van der Waals surface area contributed by atoms with Crippen molar-refractivity contribution < 1.29 is 39.1 Å². The van der Waals surface area contributed by atoms with Crippen LogP contribution in [0.1, 0.15) is 62.6 Å². The maximum Gasteiger partial charge on any atom is 0.249 e. The molecule has 0 saturated heterocycles. The van der Waals surface area contributed by atoms with Gasteiger partial charge in [0.15, 0.2) is 11.5 Å².